The Labute approximate surface area is 106 Å². The third-order valence-electron chi connectivity index (χ3n) is 3.10. The van der Waals surface area contributed by atoms with E-state index in [0.29, 0.717) is 12.1 Å². The van der Waals surface area contributed by atoms with Gasteiger partial charge in [0.05, 0.1) is 0 Å². The van der Waals surface area contributed by atoms with Gasteiger partial charge in [0.25, 0.3) is 0 Å². The molecule has 0 fully saturated rings. The van der Waals surface area contributed by atoms with E-state index in [0.717, 1.165) is 4.47 Å². The molecule has 1 aromatic carbocycles. The van der Waals surface area contributed by atoms with Crippen LogP contribution in [0.15, 0.2) is 40.9 Å². The first kappa shape index (κ1) is 11.9. The first-order chi connectivity index (χ1) is 7.75. The monoisotopic (exact) mass is 279 g/mol. The fourth-order valence-electron chi connectivity index (χ4n) is 2.17. The normalized spacial score (nSPS) is 22.0. The fraction of sp³-hybridized carbons (Fsp3) is 0.429. The molecule has 1 aliphatic rings. The first-order valence-electron chi connectivity index (χ1n) is 5.92. The van der Waals surface area contributed by atoms with Crippen LogP contribution >= 0.6 is 15.9 Å². The lowest BCUT2D eigenvalue weighted by Crippen LogP contribution is -2.32. The summed E-state index contributed by atoms with van der Waals surface area (Å²) in [5.41, 5.74) is 1.35. The summed E-state index contributed by atoms with van der Waals surface area (Å²) in [5.74, 6) is 0. The van der Waals surface area contributed by atoms with Gasteiger partial charge in [-0.2, -0.15) is 0 Å². The van der Waals surface area contributed by atoms with Crippen LogP contribution in [-0.4, -0.2) is 6.04 Å². The summed E-state index contributed by atoms with van der Waals surface area (Å²) < 4.78 is 1.15. The zero-order valence-corrected chi connectivity index (χ0v) is 11.2. The van der Waals surface area contributed by atoms with E-state index >= 15 is 0 Å². The molecule has 2 atom stereocenters. The molecular formula is C14H18BrN. The van der Waals surface area contributed by atoms with Gasteiger partial charge in [-0.25, -0.2) is 0 Å². The molecule has 0 radical (unpaired) electrons. The minimum absolute atomic E-state index is 0.425. The fourth-order valence-corrected chi connectivity index (χ4v) is 2.59. The molecule has 1 aliphatic carbocycles. The molecule has 86 valence electrons. The van der Waals surface area contributed by atoms with Gasteiger partial charge < -0.3 is 5.32 Å². The predicted octanol–water partition coefficient (Wildman–Crippen LogP) is 4.21. The van der Waals surface area contributed by atoms with Crippen LogP contribution in [0.25, 0.3) is 0 Å². The van der Waals surface area contributed by atoms with Crippen molar-refractivity contribution in [2.75, 3.05) is 0 Å². The highest BCUT2D eigenvalue weighted by Crippen LogP contribution is 2.20. The third kappa shape index (κ3) is 3.19. The summed E-state index contributed by atoms with van der Waals surface area (Å²) in [4.78, 5) is 0. The summed E-state index contributed by atoms with van der Waals surface area (Å²) in [6.45, 7) is 2.24. The van der Waals surface area contributed by atoms with Crippen molar-refractivity contribution in [3.8, 4) is 0 Å². The summed E-state index contributed by atoms with van der Waals surface area (Å²) >= 11 is 3.52. The Morgan fingerprint density at radius 1 is 1.38 bits per heavy atom. The molecule has 0 aliphatic heterocycles. The number of hydrogen-bond acceptors (Lipinski definition) is 1. The van der Waals surface area contributed by atoms with Crippen molar-refractivity contribution in [3.63, 3.8) is 0 Å². The zero-order valence-electron chi connectivity index (χ0n) is 9.62. The molecule has 0 aromatic heterocycles. The smallest absolute Gasteiger partial charge is 0.0294 e. The van der Waals surface area contributed by atoms with Crippen LogP contribution in [-0.2, 0) is 0 Å². The molecule has 0 bridgehead atoms. The van der Waals surface area contributed by atoms with E-state index in [1.54, 1.807) is 0 Å². The zero-order chi connectivity index (χ0) is 11.4. The van der Waals surface area contributed by atoms with Crippen LogP contribution < -0.4 is 5.32 Å². The number of nitrogens with one attached hydrogen (secondary N) is 1. The highest BCUT2D eigenvalue weighted by atomic mass is 79.9. The molecule has 16 heavy (non-hydrogen) atoms. The average molecular weight is 280 g/mol. The summed E-state index contributed by atoms with van der Waals surface area (Å²) in [7, 11) is 0. The Morgan fingerprint density at radius 2 is 2.25 bits per heavy atom. The SMILES string of the molecule is CC(NC1CC=CCC1)c1cccc(Br)c1. The quantitative estimate of drug-likeness (QED) is 0.818. The van der Waals surface area contributed by atoms with E-state index in [9.17, 15) is 0 Å². The molecule has 2 unspecified atom stereocenters. The molecule has 1 N–H and O–H groups in total. The van der Waals surface area contributed by atoms with Crippen LogP contribution in [0.5, 0.6) is 0 Å². The Hall–Kier alpha value is -0.600. The lowest BCUT2D eigenvalue weighted by molar-refractivity contribution is 0.426. The molecule has 0 saturated carbocycles. The van der Waals surface area contributed by atoms with Crippen LogP contribution in [0, 0.1) is 0 Å². The Morgan fingerprint density at radius 3 is 2.94 bits per heavy atom. The van der Waals surface area contributed by atoms with Crippen molar-refractivity contribution >= 4 is 15.9 Å². The molecule has 0 saturated heterocycles. The Balaban J connectivity index is 1.97. The van der Waals surface area contributed by atoms with Gasteiger partial charge in [0.2, 0.25) is 0 Å². The van der Waals surface area contributed by atoms with E-state index in [-0.39, 0.29) is 0 Å². The summed E-state index contributed by atoms with van der Waals surface area (Å²) in [6.07, 6.45) is 8.20. The average Bonchev–Trinajstić information content (AvgIpc) is 2.30. The van der Waals surface area contributed by atoms with Gasteiger partial charge in [-0.05, 0) is 43.9 Å². The Bertz CT molecular complexity index is 373. The van der Waals surface area contributed by atoms with E-state index < -0.39 is 0 Å². The van der Waals surface area contributed by atoms with Gasteiger partial charge in [-0.3, -0.25) is 0 Å². The maximum atomic E-state index is 3.69. The third-order valence-corrected chi connectivity index (χ3v) is 3.60. The molecular weight excluding hydrogens is 262 g/mol. The topological polar surface area (TPSA) is 12.0 Å². The van der Waals surface area contributed by atoms with Gasteiger partial charge in [0, 0.05) is 16.6 Å². The standard InChI is InChI=1S/C14H18BrN/c1-11(12-6-5-7-13(15)10-12)16-14-8-3-2-4-9-14/h2-3,5-7,10-11,14,16H,4,8-9H2,1H3. The molecule has 2 heteroatoms. The number of hydrogen-bond donors (Lipinski definition) is 1. The number of allylic oxidation sites excluding steroid dienone is 1. The number of rotatable bonds is 3. The second-order valence-electron chi connectivity index (χ2n) is 4.42. The maximum absolute atomic E-state index is 3.69. The largest absolute Gasteiger partial charge is 0.307 e. The lowest BCUT2D eigenvalue weighted by Gasteiger charge is -2.24. The van der Waals surface area contributed by atoms with Gasteiger partial charge in [-0.1, -0.05) is 40.2 Å². The van der Waals surface area contributed by atoms with Gasteiger partial charge in [0.15, 0.2) is 0 Å². The van der Waals surface area contributed by atoms with E-state index in [4.69, 9.17) is 0 Å². The van der Waals surface area contributed by atoms with E-state index in [2.05, 4.69) is 64.6 Å². The van der Waals surface area contributed by atoms with E-state index in [1.165, 1.54) is 24.8 Å². The van der Waals surface area contributed by atoms with Crippen LogP contribution in [0.3, 0.4) is 0 Å². The number of benzene rings is 1. The van der Waals surface area contributed by atoms with Crippen molar-refractivity contribution in [1.82, 2.24) is 5.32 Å². The molecule has 2 rings (SSSR count). The van der Waals surface area contributed by atoms with Crippen molar-refractivity contribution in [2.45, 2.75) is 38.3 Å². The molecule has 0 heterocycles. The summed E-state index contributed by atoms with van der Waals surface area (Å²) in [6, 6.07) is 9.60. The van der Waals surface area contributed by atoms with Gasteiger partial charge in [-0.15, -0.1) is 0 Å². The highest BCUT2D eigenvalue weighted by molar-refractivity contribution is 9.10. The van der Waals surface area contributed by atoms with Crippen molar-refractivity contribution in [1.29, 1.82) is 0 Å². The minimum Gasteiger partial charge on any atom is -0.307 e. The number of halogens is 1. The summed E-state index contributed by atoms with van der Waals surface area (Å²) in [5, 5.41) is 3.69. The second kappa shape index (κ2) is 5.65. The molecule has 0 spiro atoms. The van der Waals surface area contributed by atoms with Crippen molar-refractivity contribution in [2.24, 2.45) is 0 Å². The van der Waals surface area contributed by atoms with Gasteiger partial charge in [0.1, 0.15) is 0 Å². The molecule has 1 aromatic rings. The Kier molecular flexibility index (Phi) is 4.19. The van der Waals surface area contributed by atoms with E-state index in [1.807, 2.05) is 0 Å². The van der Waals surface area contributed by atoms with Crippen LogP contribution in [0.2, 0.25) is 0 Å². The highest BCUT2D eigenvalue weighted by Gasteiger charge is 2.13. The van der Waals surface area contributed by atoms with Crippen molar-refractivity contribution < 1.29 is 0 Å². The minimum atomic E-state index is 0.425. The maximum Gasteiger partial charge on any atom is 0.0294 e. The lowest BCUT2D eigenvalue weighted by atomic mass is 9.99. The first-order valence-corrected chi connectivity index (χ1v) is 6.71. The molecule has 0 amide bonds. The molecule has 1 nitrogen and oxygen atoms in total. The second-order valence-corrected chi connectivity index (χ2v) is 5.34. The van der Waals surface area contributed by atoms with Gasteiger partial charge >= 0.3 is 0 Å². The van der Waals surface area contributed by atoms with Crippen LogP contribution in [0.1, 0.15) is 37.8 Å². The van der Waals surface area contributed by atoms with Crippen molar-refractivity contribution in [3.05, 3.63) is 46.5 Å². The van der Waals surface area contributed by atoms with Crippen LogP contribution in [0.4, 0.5) is 0 Å². The predicted molar refractivity (Wildman–Crippen MR) is 72.5 cm³/mol.